The van der Waals surface area contributed by atoms with Gasteiger partial charge in [0.25, 0.3) is 0 Å². The number of alkyl halides is 9. The highest BCUT2D eigenvalue weighted by Gasteiger charge is 2.81. The molecule has 1 aromatic carbocycles. The molecule has 0 heterocycles. The van der Waals surface area contributed by atoms with Gasteiger partial charge in [-0.1, -0.05) is 25.1 Å². The van der Waals surface area contributed by atoms with Crippen LogP contribution in [0.15, 0.2) is 24.3 Å². The van der Waals surface area contributed by atoms with E-state index in [1.165, 1.54) is 24.3 Å². The molecule has 0 aliphatic rings. The smallest absolute Gasteiger partial charge is 0.460 e. The number of hydrogen-bond acceptors (Lipinski definition) is 2. The van der Waals surface area contributed by atoms with Crippen LogP contribution >= 0.6 is 0 Å². The Bertz CT molecular complexity index is 644. The van der Waals surface area contributed by atoms with Gasteiger partial charge in [-0.2, -0.15) is 39.5 Å². The van der Waals surface area contributed by atoms with Crippen molar-refractivity contribution in [3.63, 3.8) is 0 Å². The van der Waals surface area contributed by atoms with E-state index in [4.69, 9.17) is 9.47 Å². The van der Waals surface area contributed by atoms with Crippen molar-refractivity contribution in [1.82, 2.24) is 0 Å². The zero-order valence-electron chi connectivity index (χ0n) is 15.1. The number of halogens is 9. The highest BCUT2D eigenvalue weighted by Crippen LogP contribution is 2.55. The lowest BCUT2D eigenvalue weighted by Gasteiger charge is -2.35. The lowest BCUT2D eigenvalue weighted by molar-refractivity contribution is -0.398. The maximum atomic E-state index is 14.0. The lowest BCUT2D eigenvalue weighted by Crippen LogP contribution is -2.61. The summed E-state index contributed by atoms with van der Waals surface area (Å²) >= 11 is 0. The van der Waals surface area contributed by atoms with Crippen molar-refractivity contribution in [3.8, 4) is 5.75 Å². The van der Waals surface area contributed by atoms with Crippen molar-refractivity contribution in [2.24, 2.45) is 0 Å². The van der Waals surface area contributed by atoms with Gasteiger partial charge >= 0.3 is 23.9 Å². The van der Waals surface area contributed by atoms with Gasteiger partial charge in [0.05, 0.1) is 12.2 Å². The van der Waals surface area contributed by atoms with Crippen molar-refractivity contribution < 1.29 is 49.0 Å². The third kappa shape index (κ3) is 4.66. The molecular formula is C17H19F9O2. The van der Waals surface area contributed by atoms with E-state index in [2.05, 4.69) is 0 Å². The second kappa shape index (κ2) is 8.38. The maximum absolute atomic E-state index is 14.0. The molecule has 2 unspecified atom stereocenters. The molecule has 0 bridgehead atoms. The molecule has 2 nitrogen and oxygen atoms in total. The minimum atomic E-state index is -6.94. The molecule has 1 aromatic rings. The van der Waals surface area contributed by atoms with Crippen LogP contribution in [0.2, 0.25) is 0 Å². The Kier molecular flexibility index (Phi) is 7.30. The number of ether oxygens (including phenoxy) is 2. The third-order valence-corrected chi connectivity index (χ3v) is 4.10. The summed E-state index contributed by atoms with van der Waals surface area (Å²) in [6.45, 7) is 3.38. The third-order valence-electron chi connectivity index (χ3n) is 4.10. The molecule has 0 spiro atoms. The maximum Gasteiger partial charge on any atom is 0.460 e. The fraction of sp³-hybridized carbons (Fsp3) is 0.647. The Balaban J connectivity index is 3.26. The van der Waals surface area contributed by atoms with E-state index < -0.39 is 42.6 Å². The quantitative estimate of drug-likeness (QED) is 0.425. The van der Waals surface area contributed by atoms with Gasteiger partial charge < -0.3 is 9.47 Å². The highest BCUT2D eigenvalue weighted by atomic mass is 19.4. The van der Waals surface area contributed by atoms with E-state index in [-0.39, 0.29) is 11.3 Å². The Labute approximate surface area is 155 Å². The van der Waals surface area contributed by atoms with Gasteiger partial charge in [0.2, 0.25) is 0 Å². The Morgan fingerprint density at radius 1 is 0.893 bits per heavy atom. The molecule has 1 rings (SSSR count). The topological polar surface area (TPSA) is 18.5 Å². The zero-order chi connectivity index (χ0) is 22.0. The molecule has 0 aliphatic carbocycles. The minimum absolute atomic E-state index is 0.0367. The molecule has 2 atom stereocenters. The van der Waals surface area contributed by atoms with Crippen LogP contribution in [0.4, 0.5) is 39.5 Å². The Morgan fingerprint density at radius 3 is 1.89 bits per heavy atom. The van der Waals surface area contributed by atoms with Crippen molar-refractivity contribution >= 4 is 0 Å². The summed E-state index contributed by atoms with van der Waals surface area (Å²) in [7, 11) is 0.834. The number of methoxy groups -OCH3 is 1. The fourth-order valence-electron chi connectivity index (χ4n) is 2.24. The predicted octanol–water partition coefficient (Wildman–Crippen LogP) is 6.41. The van der Waals surface area contributed by atoms with Gasteiger partial charge in [-0.05, 0) is 19.4 Å². The van der Waals surface area contributed by atoms with E-state index in [0.29, 0.717) is 6.42 Å². The van der Waals surface area contributed by atoms with E-state index in [0.717, 1.165) is 7.11 Å². The summed E-state index contributed by atoms with van der Waals surface area (Å²) < 4.78 is 128. The SMILES string of the molecule is CCC(C)Oc1ccccc1C(CC(F)(F)C(F)(F)C(F)(F)C(F)(F)F)OC. The second-order valence-corrected chi connectivity index (χ2v) is 6.15. The average Bonchev–Trinajstić information content (AvgIpc) is 2.58. The first-order valence-corrected chi connectivity index (χ1v) is 8.11. The summed E-state index contributed by atoms with van der Waals surface area (Å²) in [4.78, 5) is 0. The molecule has 0 aromatic heterocycles. The van der Waals surface area contributed by atoms with E-state index in [1.807, 2.05) is 0 Å². The summed E-state index contributed by atoms with van der Waals surface area (Å²) in [5.74, 6) is -19.4. The van der Waals surface area contributed by atoms with E-state index in [9.17, 15) is 39.5 Å². The zero-order valence-corrected chi connectivity index (χ0v) is 15.1. The van der Waals surface area contributed by atoms with Crippen LogP contribution in [0.1, 0.15) is 38.4 Å². The van der Waals surface area contributed by atoms with Crippen molar-refractivity contribution in [2.75, 3.05) is 7.11 Å². The van der Waals surface area contributed by atoms with Gasteiger partial charge in [0.1, 0.15) is 5.75 Å². The largest absolute Gasteiger partial charge is 0.490 e. The predicted molar refractivity (Wildman–Crippen MR) is 82.1 cm³/mol. The van der Waals surface area contributed by atoms with Gasteiger partial charge in [0, 0.05) is 19.1 Å². The van der Waals surface area contributed by atoms with Crippen molar-refractivity contribution in [3.05, 3.63) is 29.8 Å². The number of benzene rings is 1. The van der Waals surface area contributed by atoms with Crippen LogP contribution in [0.3, 0.4) is 0 Å². The molecule has 0 N–H and O–H groups in total. The number of hydrogen-bond donors (Lipinski definition) is 0. The Morgan fingerprint density at radius 2 is 1.43 bits per heavy atom. The normalized spacial score (nSPS) is 16.0. The van der Waals surface area contributed by atoms with Gasteiger partial charge in [-0.25, -0.2) is 0 Å². The van der Waals surface area contributed by atoms with Crippen LogP contribution in [0.25, 0.3) is 0 Å². The summed E-state index contributed by atoms with van der Waals surface area (Å²) in [5, 5.41) is 0. The molecule has 0 radical (unpaired) electrons. The molecule has 0 saturated heterocycles. The standard InChI is InChI=1S/C17H19F9O2/c1-4-10(2)28-12-8-6-5-7-11(12)13(27-3)9-14(18,19)15(20,21)16(22,23)17(24,25)26/h5-8,10,13H,4,9H2,1-3H3. The molecule has 28 heavy (non-hydrogen) atoms. The first-order valence-electron chi connectivity index (χ1n) is 8.11. The number of para-hydroxylation sites is 1. The molecule has 0 amide bonds. The van der Waals surface area contributed by atoms with Gasteiger partial charge in [-0.15, -0.1) is 0 Å². The van der Waals surface area contributed by atoms with Crippen LogP contribution in [-0.4, -0.2) is 37.2 Å². The van der Waals surface area contributed by atoms with Gasteiger partial charge in [-0.3, -0.25) is 0 Å². The summed E-state index contributed by atoms with van der Waals surface area (Å²) in [6.07, 6.45) is -10.8. The summed E-state index contributed by atoms with van der Waals surface area (Å²) in [5.41, 5.74) is -0.184. The van der Waals surface area contributed by atoms with Gasteiger partial charge in [0.15, 0.2) is 0 Å². The highest BCUT2D eigenvalue weighted by molar-refractivity contribution is 5.35. The molecule has 11 heteroatoms. The molecule has 0 aliphatic heterocycles. The first-order chi connectivity index (χ1) is 12.6. The lowest BCUT2D eigenvalue weighted by atomic mass is 9.94. The van der Waals surface area contributed by atoms with Crippen molar-refractivity contribution in [2.45, 2.75) is 62.8 Å². The van der Waals surface area contributed by atoms with Crippen LogP contribution < -0.4 is 4.74 Å². The van der Waals surface area contributed by atoms with E-state index in [1.54, 1.807) is 13.8 Å². The minimum Gasteiger partial charge on any atom is -0.490 e. The van der Waals surface area contributed by atoms with Crippen molar-refractivity contribution in [1.29, 1.82) is 0 Å². The van der Waals surface area contributed by atoms with E-state index >= 15 is 0 Å². The van der Waals surface area contributed by atoms with Crippen LogP contribution in [0, 0.1) is 0 Å². The fourth-order valence-corrected chi connectivity index (χ4v) is 2.24. The molecular weight excluding hydrogens is 407 g/mol. The summed E-state index contributed by atoms with van der Waals surface area (Å²) in [6, 6.07) is 5.25. The molecule has 162 valence electrons. The number of rotatable bonds is 9. The average molecular weight is 426 g/mol. The Hall–Kier alpha value is -1.65. The molecule has 0 fully saturated rings. The van der Waals surface area contributed by atoms with Crippen LogP contribution in [-0.2, 0) is 4.74 Å². The monoisotopic (exact) mass is 426 g/mol. The van der Waals surface area contributed by atoms with Crippen LogP contribution in [0.5, 0.6) is 5.75 Å². The first kappa shape index (κ1) is 24.4. The second-order valence-electron chi connectivity index (χ2n) is 6.15. The molecule has 0 saturated carbocycles.